The Morgan fingerprint density at radius 3 is 2.37 bits per heavy atom. The summed E-state index contributed by atoms with van der Waals surface area (Å²) >= 11 is 0. The minimum Gasteiger partial charge on any atom is -0.480 e. The van der Waals surface area contributed by atoms with Crippen molar-refractivity contribution in [3.8, 4) is 0 Å². The molecule has 5 nitrogen and oxygen atoms in total. The Morgan fingerprint density at radius 1 is 1.32 bits per heavy atom. The van der Waals surface area contributed by atoms with Crippen LogP contribution >= 0.6 is 0 Å². The third kappa shape index (κ3) is 5.49. The number of amides is 2. The summed E-state index contributed by atoms with van der Waals surface area (Å²) in [6, 6.07) is -1.07. The number of urea groups is 1. The highest BCUT2D eigenvalue weighted by Crippen LogP contribution is 2.25. The van der Waals surface area contributed by atoms with Crippen LogP contribution in [0.25, 0.3) is 0 Å². The molecule has 1 aliphatic carbocycles. The standard InChI is InChI=1S/C14H26N2O3/c1-10(2)8-12(13(17)18)15-14(19)16(3)9-11-6-4-5-7-11/h10-12H,4-9H2,1-3H3,(H,15,19)(H,17,18)/t12-/m0/s1. The fourth-order valence-corrected chi connectivity index (χ4v) is 2.62. The van der Waals surface area contributed by atoms with Gasteiger partial charge in [-0.2, -0.15) is 0 Å². The van der Waals surface area contributed by atoms with Crippen LogP contribution in [0.3, 0.4) is 0 Å². The second-order valence-corrected chi connectivity index (χ2v) is 6.00. The van der Waals surface area contributed by atoms with Crippen LogP contribution in [0.4, 0.5) is 4.79 Å². The first-order chi connectivity index (χ1) is 8.90. The summed E-state index contributed by atoms with van der Waals surface area (Å²) in [4.78, 5) is 24.7. The lowest BCUT2D eigenvalue weighted by atomic mass is 10.0. The lowest BCUT2D eigenvalue weighted by Gasteiger charge is -2.24. The molecule has 0 aromatic heterocycles. The Kier molecular flexibility index (Phi) is 6.12. The zero-order chi connectivity index (χ0) is 14.4. The van der Waals surface area contributed by atoms with Crippen molar-refractivity contribution in [2.24, 2.45) is 11.8 Å². The molecule has 19 heavy (non-hydrogen) atoms. The van der Waals surface area contributed by atoms with Crippen LogP contribution in [-0.2, 0) is 4.79 Å². The molecule has 0 heterocycles. The van der Waals surface area contributed by atoms with Crippen LogP contribution in [0.1, 0.15) is 46.0 Å². The highest BCUT2D eigenvalue weighted by atomic mass is 16.4. The highest BCUT2D eigenvalue weighted by Gasteiger charge is 2.24. The molecule has 0 radical (unpaired) electrons. The van der Waals surface area contributed by atoms with Gasteiger partial charge in [-0.05, 0) is 31.1 Å². The number of carboxylic acids is 1. The predicted molar refractivity (Wildman–Crippen MR) is 74.0 cm³/mol. The molecule has 0 aromatic carbocycles. The van der Waals surface area contributed by atoms with Crippen molar-refractivity contribution in [2.75, 3.05) is 13.6 Å². The molecule has 0 aliphatic heterocycles. The number of carboxylic acid groups (broad SMARTS) is 1. The van der Waals surface area contributed by atoms with Crippen molar-refractivity contribution >= 4 is 12.0 Å². The number of nitrogens with one attached hydrogen (secondary N) is 1. The molecule has 2 amide bonds. The first-order valence-electron chi connectivity index (χ1n) is 7.14. The van der Waals surface area contributed by atoms with Gasteiger partial charge < -0.3 is 15.3 Å². The molecular formula is C14H26N2O3. The summed E-state index contributed by atoms with van der Waals surface area (Å²) in [5, 5.41) is 11.7. The van der Waals surface area contributed by atoms with E-state index in [9.17, 15) is 9.59 Å². The molecule has 0 saturated heterocycles. The summed E-state index contributed by atoms with van der Waals surface area (Å²) in [6.07, 6.45) is 5.28. The van der Waals surface area contributed by atoms with E-state index in [1.807, 2.05) is 13.8 Å². The molecule has 2 N–H and O–H groups in total. The number of carbonyl (C=O) groups is 2. The minimum absolute atomic E-state index is 0.238. The molecule has 5 heteroatoms. The third-order valence-electron chi connectivity index (χ3n) is 3.66. The molecular weight excluding hydrogens is 244 g/mol. The van der Waals surface area contributed by atoms with E-state index in [2.05, 4.69) is 5.32 Å². The van der Waals surface area contributed by atoms with E-state index in [-0.39, 0.29) is 11.9 Å². The maximum absolute atomic E-state index is 12.0. The van der Waals surface area contributed by atoms with Gasteiger partial charge in [0.05, 0.1) is 0 Å². The molecule has 1 rings (SSSR count). The Bertz CT molecular complexity index is 312. The van der Waals surface area contributed by atoms with Crippen LogP contribution in [0.5, 0.6) is 0 Å². The van der Waals surface area contributed by atoms with E-state index in [1.54, 1.807) is 11.9 Å². The van der Waals surface area contributed by atoms with Gasteiger partial charge in [0.1, 0.15) is 6.04 Å². The number of hydrogen-bond donors (Lipinski definition) is 2. The van der Waals surface area contributed by atoms with Gasteiger partial charge in [0.25, 0.3) is 0 Å². The lowest BCUT2D eigenvalue weighted by Crippen LogP contribution is -2.48. The van der Waals surface area contributed by atoms with E-state index >= 15 is 0 Å². The smallest absolute Gasteiger partial charge is 0.326 e. The number of rotatable bonds is 6. The maximum Gasteiger partial charge on any atom is 0.326 e. The van der Waals surface area contributed by atoms with Crippen LogP contribution in [0, 0.1) is 11.8 Å². The van der Waals surface area contributed by atoms with E-state index in [4.69, 9.17) is 5.11 Å². The van der Waals surface area contributed by atoms with Gasteiger partial charge >= 0.3 is 12.0 Å². The third-order valence-corrected chi connectivity index (χ3v) is 3.66. The topological polar surface area (TPSA) is 69.6 Å². The Morgan fingerprint density at radius 2 is 1.89 bits per heavy atom. The average Bonchev–Trinajstić information content (AvgIpc) is 2.79. The van der Waals surface area contributed by atoms with Crippen molar-refractivity contribution in [1.29, 1.82) is 0 Å². The Balaban J connectivity index is 2.43. The largest absolute Gasteiger partial charge is 0.480 e. The number of carbonyl (C=O) groups excluding carboxylic acids is 1. The zero-order valence-corrected chi connectivity index (χ0v) is 12.2. The van der Waals surface area contributed by atoms with Gasteiger partial charge in [0, 0.05) is 13.6 Å². The molecule has 1 atom stereocenters. The van der Waals surface area contributed by atoms with E-state index in [0.717, 1.165) is 6.54 Å². The second-order valence-electron chi connectivity index (χ2n) is 6.00. The number of aliphatic carboxylic acids is 1. The summed E-state index contributed by atoms with van der Waals surface area (Å²) in [5.41, 5.74) is 0. The first kappa shape index (κ1) is 15.8. The molecule has 1 saturated carbocycles. The maximum atomic E-state index is 12.0. The van der Waals surface area contributed by atoms with Crippen LogP contribution < -0.4 is 5.32 Å². The van der Waals surface area contributed by atoms with E-state index in [1.165, 1.54) is 25.7 Å². The van der Waals surface area contributed by atoms with Crippen LogP contribution in [0.15, 0.2) is 0 Å². The van der Waals surface area contributed by atoms with Crippen LogP contribution in [-0.4, -0.2) is 41.6 Å². The van der Waals surface area contributed by atoms with Gasteiger partial charge in [0.2, 0.25) is 0 Å². The number of nitrogens with zero attached hydrogens (tertiary/aromatic N) is 1. The van der Waals surface area contributed by atoms with Crippen molar-refractivity contribution in [3.63, 3.8) is 0 Å². The molecule has 0 spiro atoms. The molecule has 0 unspecified atom stereocenters. The molecule has 110 valence electrons. The molecule has 0 bridgehead atoms. The zero-order valence-electron chi connectivity index (χ0n) is 12.2. The second kappa shape index (κ2) is 7.36. The molecule has 0 aromatic rings. The SMILES string of the molecule is CC(C)C[C@H](NC(=O)N(C)CC1CCCC1)C(=O)O. The van der Waals surface area contributed by atoms with Crippen molar-refractivity contribution in [3.05, 3.63) is 0 Å². The first-order valence-corrected chi connectivity index (χ1v) is 7.14. The van der Waals surface area contributed by atoms with Crippen LogP contribution in [0.2, 0.25) is 0 Å². The predicted octanol–water partition coefficient (Wildman–Crippen LogP) is 2.32. The molecule has 1 aliphatic rings. The van der Waals surface area contributed by atoms with E-state index in [0.29, 0.717) is 12.3 Å². The van der Waals surface area contributed by atoms with Gasteiger partial charge in [0.15, 0.2) is 0 Å². The average molecular weight is 270 g/mol. The van der Waals surface area contributed by atoms with Gasteiger partial charge in [-0.25, -0.2) is 9.59 Å². The quantitative estimate of drug-likeness (QED) is 0.778. The molecule has 1 fully saturated rings. The van der Waals surface area contributed by atoms with Gasteiger partial charge in [-0.3, -0.25) is 0 Å². The van der Waals surface area contributed by atoms with Crippen molar-refractivity contribution < 1.29 is 14.7 Å². The van der Waals surface area contributed by atoms with Crippen molar-refractivity contribution in [2.45, 2.75) is 52.0 Å². The fourth-order valence-electron chi connectivity index (χ4n) is 2.62. The highest BCUT2D eigenvalue weighted by molar-refractivity contribution is 5.82. The minimum atomic E-state index is -0.962. The van der Waals surface area contributed by atoms with Gasteiger partial charge in [-0.1, -0.05) is 26.7 Å². The number of hydrogen-bond acceptors (Lipinski definition) is 2. The van der Waals surface area contributed by atoms with E-state index < -0.39 is 12.0 Å². The summed E-state index contributed by atoms with van der Waals surface area (Å²) in [7, 11) is 1.74. The monoisotopic (exact) mass is 270 g/mol. The Hall–Kier alpha value is -1.26. The summed E-state index contributed by atoms with van der Waals surface area (Å²) in [5.74, 6) is -0.151. The normalized spacial score (nSPS) is 17.5. The Labute approximate surface area is 115 Å². The fraction of sp³-hybridized carbons (Fsp3) is 0.857. The lowest BCUT2D eigenvalue weighted by molar-refractivity contribution is -0.139. The van der Waals surface area contributed by atoms with Gasteiger partial charge in [-0.15, -0.1) is 0 Å². The summed E-state index contributed by atoms with van der Waals surface area (Å²) in [6.45, 7) is 4.62. The summed E-state index contributed by atoms with van der Waals surface area (Å²) < 4.78 is 0. The van der Waals surface area contributed by atoms with Crippen molar-refractivity contribution in [1.82, 2.24) is 10.2 Å².